The minimum Gasteiger partial charge on any atom is -0.236 e. The van der Waals surface area contributed by atoms with E-state index >= 15 is 0 Å². The molecule has 0 unspecified atom stereocenters. The normalized spacial score (nSPS) is 25.3. The van der Waals surface area contributed by atoms with Crippen LogP contribution in [0.4, 0.5) is 0 Å². The van der Waals surface area contributed by atoms with E-state index in [1.165, 1.54) is 101 Å². The summed E-state index contributed by atoms with van der Waals surface area (Å²) in [5, 5.41) is 9.92. The molecular weight excluding hydrogens is 474 g/mol. The number of hydrogen-bond donors (Lipinski definition) is 0. The van der Waals surface area contributed by atoms with Gasteiger partial charge in [-0.15, -0.1) is 0 Å². The minimum absolute atomic E-state index is 0.0761. The van der Waals surface area contributed by atoms with Gasteiger partial charge in [-0.3, -0.25) is 0 Å². The smallest absolute Gasteiger partial charge is 0.159 e. The Bertz CT molecular complexity index is 987. The maximum atomic E-state index is 9.92. The third kappa shape index (κ3) is 8.64. The van der Waals surface area contributed by atoms with Crippen molar-refractivity contribution in [2.24, 2.45) is 11.3 Å². The molecule has 4 rings (SSSR count). The van der Waals surface area contributed by atoms with Crippen LogP contribution in [0.2, 0.25) is 0 Å². The molecule has 0 atom stereocenters. The third-order valence-corrected chi connectivity index (χ3v) is 10.0. The first-order valence-electron chi connectivity index (χ1n) is 16.5. The lowest BCUT2D eigenvalue weighted by atomic mass is 9.67. The minimum atomic E-state index is -0.0761. The van der Waals surface area contributed by atoms with Crippen LogP contribution < -0.4 is 0 Å². The van der Waals surface area contributed by atoms with Gasteiger partial charge < -0.3 is 0 Å². The lowest BCUT2D eigenvalue weighted by Crippen LogP contribution is -2.25. The van der Waals surface area contributed by atoms with Crippen LogP contribution in [0.15, 0.2) is 36.7 Å². The molecule has 0 saturated heterocycles. The van der Waals surface area contributed by atoms with Crippen LogP contribution in [0.5, 0.6) is 0 Å². The van der Waals surface area contributed by atoms with Crippen molar-refractivity contribution in [1.29, 1.82) is 5.26 Å². The molecule has 1 aromatic carbocycles. The van der Waals surface area contributed by atoms with Crippen LogP contribution >= 0.6 is 0 Å². The summed E-state index contributed by atoms with van der Waals surface area (Å²) in [4.78, 5) is 9.58. The fourth-order valence-electron chi connectivity index (χ4n) is 7.23. The Morgan fingerprint density at radius 2 is 1.31 bits per heavy atom. The van der Waals surface area contributed by atoms with Crippen LogP contribution in [-0.4, -0.2) is 9.97 Å². The topological polar surface area (TPSA) is 49.6 Å². The maximum absolute atomic E-state index is 9.92. The summed E-state index contributed by atoms with van der Waals surface area (Å²) in [6, 6.07) is 11.7. The predicted octanol–water partition coefficient (Wildman–Crippen LogP) is 10.9. The Kier molecular flexibility index (Phi) is 11.9. The molecule has 0 spiro atoms. The molecule has 0 bridgehead atoms. The predicted molar refractivity (Wildman–Crippen MR) is 164 cm³/mol. The van der Waals surface area contributed by atoms with Crippen molar-refractivity contribution >= 4 is 0 Å². The lowest BCUT2D eigenvalue weighted by Gasteiger charge is -2.35. The van der Waals surface area contributed by atoms with Gasteiger partial charge in [0, 0.05) is 18.0 Å². The van der Waals surface area contributed by atoms with Crippen molar-refractivity contribution in [3.63, 3.8) is 0 Å². The van der Waals surface area contributed by atoms with Gasteiger partial charge in [-0.05, 0) is 86.7 Å². The summed E-state index contributed by atoms with van der Waals surface area (Å²) in [6.07, 6.45) is 28.4. The lowest BCUT2D eigenvalue weighted by molar-refractivity contribution is 0.223. The van der Waals surface area contributed by atoms with Crippen LogP contribution in [0.25, 0.3) is 11.4 Å². The monoisotopic (exact) mass is 527 g/mol. The SMILES string of the molecule is CCCCCCCC1CCC(c2cnc(-c3ccc(C4CCC(C#N)(CCCCCC)CC4)cc3)nc2)CC1. The molecule has 0 N–H and O–H groups in total. The zero-order chi connectivity index (χ0) is 27.3. The molecule has 3 heteroatoms. The van der Waals surface area contributed by atoms with Gasteiger partial charge in [-0.1, -0.05) is 102 Å². The zero-order valence-electron chi connectivity index (χ0n) is 25.0. The number of rotatable bonds is 14. The molecule has 0 amide bonds. The van der Waals surface area contributed by atoms with Gasteiger partial charge in [-0.2, -0.15) is 5.26 Å². The van der Waals surface area contributed by atoms with Gasteiger partial charge in [0.15, 0.2) is 5.82 Å². The van der Waals surface area contributed by atoms with E-state index < -0.39 is 0 Å². The zero-order valence-corrected chi connectivity index (χ0v) is 25.0. The maximum Gasteiger partial charge on any atom is 0.159 e. The molecule has 39 heavy (non-hydrogen) atoms. The van der Waals surface area contributed by atoms with Crippen molar-refractivity contribution in [1.82, 2.24) is 9.97 Å². The van der Waals surface area contributed by atoms with Gasteiger partial charge in [0.25, 0.3) is 0 Å². The molecule has 0 aliphatic heterocycles. The number of benzene rings is 1. The van der Waals surface area contributed by atoms with Crippen molar-refractivity contribution in [2.75, 3.05) is 0 Å². The third-order valence-electron chi connectivity index (χ3n) is 10.0. The fraction of sp³-hybridized carbons (Fsp3) is 0.694. The second-order valence-corrected chi connectivity index (χ2v) is 12.9. The van der Waals surface area contributed by atoms with Crippen LogP contribution in [-0.2, 0) is 0 Å². The first-order chi connectivity index (χ1) is 19.2. The summed E-state index contributed by atoms with van der Waals surface area (Å²) in [7, 11) is 0. The average Bonchev–Trinajstić information content (AvgIpc) is 3.00. The second-order valence-electron chi connectivity index (χ2n) is 12.9. The van der Waals surface area contributed by atoms with Crippen molar-refractivity contribution in [3.8, 4) is 17.5 Å². The van der Waals surface area contributed by atoms with Gasteiger partial charge in [0.1, 0.15) is 0 Å². The molecule has 1 heterocycles. The van der Waals surface area contributed by atoms with Crippen molar-refractivity contribution in [3.05, 3.63) is 47.8 Å². The van der Waals surface area contributed by atoms with Crippen molar-refractivity contribution < 1.29 is 0 Å². The van der Waals surface area contributed by atoms with Gasteiger partial charge in [0.2, 0.25) is 0 Å². The van der Waals surface area contributed by atoms with Crippen LogP contribution in [0.1, 0.15) is 159 Å². The van der Waals surface area contributed by atoms with E-state index in [2.05, 4.69) is 56.6 Å². The Balaban J connectivity index is 1.23. The summed E-state index contributed by atoms with van der Waals surface area (Å²) in [5.41, 5.74) is 3.77. The summed E-state index contributed by atoms with van der Waals surface area (Å²) in [6.45, 7) is 4.54. The fourth-order valence-corrected chi connectivity index (χ4v) is 7.23. The highest BCUT2D eigenvalue weighted by Crippen LogP contribution is 2.46. The number of nitrogens with zero attached hydrogens (tertiary/aromatic N) is 3. The van der Waals surface area contributed by atoms with Gasteiger partial charge >= 0.3 is 0 Å². The highest BCUT2D eigenvalue weighted by molar-refractivity contribution is 5.55. The van der Waals surface area contributed by atoms with Crippen molar-refractivity contribution in [2.45, 2.75) is 148 Å². The number of aromatic nitrogens is 2. The highest BCUT2D eigenvalue weighted by atomic mass is 14.9. The summed E-state index contributed by atoms with van der Waals surface area (Å²) < 4.78 is 0. The van der Waals surface area contributed by atoms with Gasteiger partial charge in [0.05, 0.1) is 11.5 Å². The first-order valence-corrected chi connectivity index (χ1v) is 16.5. The molecular formula is C36H53N3. The van der Waals surface area contributed by atoms with Gasteiger partial charge in [-0.25, -0.2) is 9.97 Å². The van der Waals surface area contributed by atoms with E-state index in [4.69, 9.17) is 9.97 Å². The average molecular weight is 528 g/mol. The summed E-state index contributed by atoms with van der Waals surface area (Å²) in [5.74, 6) is 2.99. The van der Waals surface area contributed by atoms with Crippen LogP contribution in [0.3, 0.4) is 0 Å². The first kappa shape index (κ1) is 29.8. The van der Waals surface area contributed by atoms with E-state index in [9.17, 15) is 5.26 Å². The highest BCUT2D eigenvalue weighted by Gasteiger charge is 2.35. The second kappa shape index (κ2) is 15.5. The van der Waals surface area contributed by atoms with E-state index in [-0.39, 0.29) is 5.41 Å². The number of nitriles is 1. The Morgan fingerprint density at radius 3 is 1.92 bits per heavy atom. The Morgan fingerprint density at radius 1 is 0.718 bits per heavy atom. The molecule has 3 nitrogen and oxygen atoms in total. The molecule has 212 valence electrons. The van der Waals surface area contributed by atoms with E-state index in [0.29, 0.717) is 11.8 Å². The van der Waals surface area contributed by atoms with E-state index in [1.54, 1.807) is 0 Å². The Hall–Kier alpha value is -2.21. The molecule has 2 aliphatic rings. The molecule has 2 fully saturated rings. The molecule has 2 aromatic rings. The largest absolute Gasteiger partial charge is 0.236 e. The molecule has 1 aromatic heterocycles. The molecule has 0 radical (unpaired) electrons. The molecule has 2 saturated carbocycles. The van der Waals surface area contributed by atoms with Crippen LogP contribution in [0, 0.1) is 22.7 Å². The van der Waals surface area contributed by atoms with E-state index in [0.717, 1.165) is 49.4 Å². The Labute approximate surface area is 239 Å². The van der Waals surface area contributed by atoms with E-state index in [1.807, 2.05) is 0 Å². The quantitative estimate of drug-likeness (QED) is 0.229. The number of hydrogen-bond acceptors (Lipinski definition) is 3. The molecule has 2 aliphatic carbocycles. The summed E-state index contributed by atoms with van der Waals surface area (Å²) >= 11 is 0. The number of unbranched alkanes of at least 4 members (excludes halogenated alkanes) is 7. The standard InChI is InChI=1S/C36H53N3/c1-3-5-7-9-10-12-29-13-15-31(16-14-29)34-26-38-35(39-27-34)33-19-17-30(18-20-33)32-21-24-36(28-37,25-22-32)23-11-8-6-4-2/h17-20,26-27,29,31-32H,3-16,21-25H2,1-2H3.